The topological polar surface area (TPSA) is 63.1 Å². The molecule has 1 unspecified atom stereocenters. The van der Waals surface area contributed by atoms with Crippen LogP contribution in [0.25, 0.3) is 0 Å². The van der Waals surface area contributed by atoms with E-state index in [0.717, 1.165) is 17.7 Å². The fourth-order valence-corrected chi connectivity index (χ4v) is 2.06. The largest absolute Gasteiger partial charge is 0.481 e. The summed E-state index contributed by atoms with van der Waals surface area (Å²) >= 11 is 0. The Labute approximate surface area is 112 Å². The summed E-state index contributed by atoms with van der Waals surface area (Å²) in [5, 5.41) is 9.06. The predicted molar refractivity (Wildman–Crippen MR) is 71.9 cm³/mol. The van der Waals surface area contributed by atoms with Gasteiger partial charge in [-0.15, -0.1) is 0 Å². The molecule has 1 aromatic heterocycles. The first-order chi connectivity index (χ1) is 9.20. The minimum Gasteiger partial charge on any atom is -0.481 e. The third-order valence-corrected chi connectivity index (χ3v) is 3.13. The smallest absolute Gasteiger partial charge is 0.304 e. The Balaban J connectivity index is 2.34. The Morgan fingerprint density at radius 2 is 2.00 bits per heavy atom. The van der Waals surface area contributed by atoms with E-state index in [1.54, 1.807) is 12.3 Å². The van der Waals surface area contributed by atoms with Crippen molar-refractivity contribution >= 4 is 5.97 Å². The van der Waals surface area contributed by atoms with E-state index in [0.29, 0.717) is 0 Å². The van der Waals surface area contributed by atoms with Crippen molar-refractivity contribution in [3.63, 3.8) is 0 Å². The van der Waals surface area contributed by atoms with Gasteiger partial charge in [-0.3, -0.25) is 4.79 Å². The van der Waals surface area contributed by atoms with E-state index in [1.807, 2.05) is 24.3 Å². The molecule has 4 heteroatoms. The highest BCUT2D eigenvalue weighted by Crippen LogP contribution is 2.26. The molecule has 19 heavy (non-hydrogen) atoms. The maximum atomic E-state index is 11.0. The molecule has 0 aliphatic heterocycles. The summed E-state index contributed by atoms with van der Waals surface area (Å²) in [5.74, 6) is -1.06. The van der Waals surface area contributed by atoms with Gasteiger partial charge in [0.2, 0.25) is 0 Å². The fourth-order valence-electron chi connectivity index (χ4n) is 2.06. The summed E-state index contributed by atoms with van der Waals surface area (Å²) in [6.07, 6.45) is 4.09. The Morgan fingerprint density at radius 3 is 2.53 bits per heavy atom. The number of carboxylic acids is 1. The monoisotopic (exact) mass is 256 g/mol. The predicted octanol–water partition coefficient (Wildman–Crippen LogP) is 2.65. The summed E-state index contributed by atoms with van der Waals surface area (Å²) in [6.45, 7) is 2.09. The molecule has 2 aromatic rings. The average Bonchev–Trinajstić information content (AvgIpc) is 2.46. The van der Waals surface area contributed by atoms with Crippen LogP contribution in [0.15, 0.2) is 42.9 Å². The van der Waals surface area contributed by atoms with Crippen LogP contribution in [0.4, 0.5) is 0 Å². The zero-order chi connectivity index (χ0) is 13.7. The molecule has 0 radical (unpaired) electrons. The second kappa shape index (κ2) is 6.09. The van der Waals surface area contributed by atoms with Crippen molar-refractivity contribution in [2.24, 2.45) is 0 Å². The summed E-state index contributed by atoms with van der Waals surface area (Å²) in [6, 6.07) is 9.79. The van der Waals surface area contributed by atoms with Crippen LogP contribution < -0.4 is 0 Å². The Hall–Kier alpha value is -2.23. The minimum atomic E-state index is -0.830. The number of benzene rings is 1. The molecule has 0 spiro atoms. The zero-order valence-electron chi connectivity index (χ0n) is 10.8. The Bertz CT molecular complexity index is 538. The lowest BCUT2D eigenvalue weighted by atomic mass is 9.91. The number of carbonyl (C=O) groups is 1. The van der Waals surface area contributed by atoms with Gasteiger partial charge in [0.05, 0.1) is 12.1 Å². The second-order valence-electron chi connectivity index (χ2n) is 4.38. The van der Waals surface area contributed by atoms with Gasteiger partial charge in [-0.1, -0.05) is 31.2 Å². The molecule has 0 bridgehead atoms. The van der Waals surface area contributed by atoms with Crippen molar-refractivity contribution in [3.8, 4) is 0 Å². The molecular weight excluding hydrogens is 240 g/mol. The van der Waals surface area contributed by atoms with Gasteiger partial charge < -0.3 is 5.11 Å². The Morgan fingerprint density at radius 1 is 1.26 bits per heavy atom. The average molecular weight is 256 g/mol. The van der Waals surface area contributed by atoms with Crippen LogP contribution >= 0.6 is 0 Å². The lowest BCUT2D eigenvalue weighted by Gasteiger charge is -2.15. The van der Waals surface area contributed by atoms with E-state index in [1.165, 1.54) is 11.9 Å². The first kappa shape index (κ1) is 13.2. The lowest BCUT2D eigenvalue weighted by Crippen LogP contribution is -2.09. The number of rotatable bonds is 5. The minimum absolute atomic E-state index is 0.0302. The van der Waals surface area contributed by atoms with Gasteiger partial charge in [0.1, 0.15) is 6.33 Å². The van der Waals surface area contributed by atoms with Crippen molar-refractivity contribution in [3.05, 3.63) is 59.7 Å². The van der Waals surface area contributed by atoms with Crippen LogP contribution in [0.3, 0.4) is 0 Å². The van der Waals surface area contributed by atoms with E-state index in [9.17, 15) is 4.79 Å². The maximum absolute atomic E-state index is 11.0. The summed E-state index contributed by atoms with van der Waals surface area (Å²) < 4.78 is 0. The number of aryl methyl sites for hydroxylation is 1. The van der Waals surface area contributed by atoms with E-state index in [2.05, 4.69) is 16.9 Å². The van der Waals surface area contributed by atoms with E-state index < -0.39 is 5.97 Å². The molecule has 2 rings (SSSR count). The molecule has 1 heterocycles. The van der Waals surface area contributed by atoms with Crippen molar-refractivity contribution in [2.45, 2.75) is 25.7 Å². The van der Waals surface area contributed by atoms with Gasteiger partial charge in [0.25, 0.3) is 0 Å². The van der Waals surface area contributed by atoms with Crippen LogP contribution in [0.2, 0.25) is 0 Å². The van der Waals surface area contributed by atoms with Gasteiger partial charge in [-0.25, -0.2) is 9.97 Å². The quantitative estimate of drug-likeness (QED) is 0.893. The van der Waals surface area contributed by atoms with Crippen molar-refractivity contribution in [1.29, 1.82) is 0 Å². The zero-order valence-corrected chi connectivity index (χ0v) is 10.8. The molecule has 0 amide bonds. The molecule has 1 N–H and O–H groups in total. The second-order valence-corrected chi connectivity index (χ2v) is 4.38. The van der Waals surface area contributed by atoms with Gasteiger partial charge in [-0.2, -0.15) is 0 Å². The van der Waals surface area contributed by atoms with Crippen LogP contribution in [0.5, 0.6) is 0 Å². The molecule has 98 valence electrons. The molecule has 0 saturated carbocycles. The third kappa shape index (κ3) is 3.37. The van der Waals surface area contributed by atoms with Crippen molar-refractivity contribution in [2.75, 3.05) is 0 Å². The third-order valence-electron chi connectivity index (χ3n) is 3.13. The van der Waals surface area contributed by atoms with E-state index in [-0.39, 0.29) is 12.3 Å². The number of nitrogens with zero attached hydrogens (tertiary/aromatic N) is 2. The maximum Gasteiger partial charge on any atom is 0.304 e. The standard InChI is InChI=1S/C15H16N2O2/c1-2-11-3-5-12(6-4-11)13(9-15(18)19)14-7-8-16-10-17-14/h3-8,10,13H,2,9H2,1H3,(H,18,19). The Kier molecular flexibility index (Phi) is 4.23. The number of aromatic nitrogens is 2. The SMILES string of the molecule is CCc1ccc(C(CC(=O)O)c2ccncn2)cc1. The van der Waals surface area contributed by atoms with Crippen LogP contribution in [0.1, 0.15) is 36.1 Å². The molecule has 4 nitrogen and oxygen atoms in total. The molecule has 0 saturated heterocycles. The first-order valence-corrected chi connectivity index (χ1v) is 6.27. The highest BCUT2D eigenvalue weighted by Gasteiger charge is 2.18. The van der Waals surface area contributed by atoms with Gasteiger partial charge >= 0.3 is 5.97 Å². The molecule has 0 fully saturated rings. The number of hydrogen-bond acceptors (Lipinski definition) is 3. The number of aliphatic carboxylic acids is 1. The number of carboxylic acid groups (broad SMARTS) is 1. The highest BCUT2D eigenvalue weighted by atomic mass is 16.4. The number of hydrogen-bond donors (Lipinski definition) is 1. The van der Waals surface area contributed by atoms with Crippen LogP contribution in [-0.2, 0) is 11.2 Å². The van der Waals surface area contributed by atoms with E-state index >= 15 is 0 Å². The molecule has 0 aliphatic carbocycles. The van der Waals surface area contributed by atoms with Gasteiger partial charge in [-0.05, 0) is 23.6 Å². The fraction of sp³-hybridized carbons (Fsp3) is 0.267. The van der Waals surface area contributed by atoms with Gasteiger partial charge in [0.15, 0.2) is 0 Å². The first-order valence-electron chi connectivity index (χ1n) is 6.27. The highest BCUT2D eigenvalue weighted by molar-refractivity contribution is 5.68. The summed E-state index contributed by atoms with van der Waals surface area (Å²) in [7, 11) is 0. The summed E-state index contributed by atoms with van der Waals surface area (Å²) in [5.41, 5.74) is 2.94. The summed E-state index contributed by atoms with van der Waals surface area (Å²) in [4.78, 5) is 19.1. The van der Waals surface area contributed by atoms with Crippen LogP contribution in [-0.4, -0.2) is 21.0 Å². The van der Waals surface area contributed by atoms with E-state index in [4.69, 9.17) is 5.11 Å². The van der Waals surface area contributed by atoms with Gasteiger partial charge in [0, 0.05) is 12.1 Å². The molecule has 0 aliphatic rings. The van der Waals surface area contributed by atoms with Crippen molar-refractivity contribution < 1.29 is 9.90 Å². The van der Waals surface area contributed by atoms with Crippen LogP contribution in [0, 0.1) is 0 Å². The molecule has 1 aromatic carbocycles. The normalized spacial score (nSPS) is 12.1. The molecule has 1 atom stereocenters. The van der Waals surface area contributed by atoms with Crippen molar-refractivity contribution in [1.82, 2.24) is 9.97 Å². The molecular formula is C15H16N2O2. The lowest BCUT2D eigenvalue weighted by molar-refractivity contribution is -0.137.